The average molecular weight is 220 g/mol. The molecule has 0 aliphatic heterocycles. The van der Waals surface area contributed by atoms with Crippen LogP contribution in [-0.4, -0.2) is 4.98 Å². The number of anilines is 1. The molecule has 3 rings (SSSR count). The molecular weight excluding hydrogens is 208 g/mol. The number of rotatable bonds is 1. The molecule has 1 aromatic heterocycles. The monoisotopic (exact) mass is 220 g/mol. The Bertz CT molecular complexity index is 674. The van der Waals surface area contributed by atoms with E-state index in [4.69, 9.17) is 5.73 Å². The second-order valence-electron chi connectivity index (χ2n) is 4.06. The zero-order chi connectivity index (χ0) is 11.7. The summed E-state index contributed by atoms with van der Waals surface area (Å²) in [5.74, 6) is 0. The van der Waals surface area contributed by atoms with Gasteiger partial charge in [0.1, 0.15) is 0 Å². The molecule has 0 aliphatic carbocycles. The zero-order valence-corrected chi connectivity index (χ0v) is 9.30. The lowest BCUT2D eigenvalue weighted by Gasteiger charge is -2.04. The van der Waals surface area contributed by atoms with E-state index in [1.165, 1.54) is 5.39 Å². The van der Waals surface area contributed by atoms with Crippen molar-refractivity contribution in [1.82, 2.24) is 4.98 Å². The molecule has 0 radical (unpaired) electrons. The van der Waals surface area contributed by atoms with Crippen LogP contribution in [0, 0.1) is 0 Å². The summed E-state index contributed by atoms with van der Waals surface area (Å²) in [6.45, 7) is 0. The number of pyridine rings is 1. The van der Waals surface area contributed by atoms with E-state index in [1.54, 1.807) is 0 Å². The second-order valence-corrected chi connectivity index (χ2v) is 4.06. The van der Waals surface area contributed by atoms with E-state index in [-0.39, 0.29) is 0 Å². The maximum absolute atomic E-state index is 5.80. The van der Waals surface area contributed by atoms with E-state index in [1.807, 2.05) is 36.7 Å². The van der Waals surface area contributed by atoms with Crippen LogP contribution in [0.1, 0.15) is 0 Å². The zero-order valence-electron chi connectivity index (χ0n) is 9.30. The number of nitrogen functional groups attached to an aromatic ring is 1. The average Bonchev–Trinajstić information content (AvgIpc) is 2.38. The van der Waals surface area contributed by atoms with Gasteiger partial charge in [0.05, 0.1) is 0 Å². The first-order valence-corrected chi connectivity index (χ1v) is 5.53. The van der Waals surface area contributed by atoms with Crippen LogP contribution >= 0.6 is 0 Å². The highest BCUT2D eigenvalue weighted by Gasteiger charge is 1.99. The third-order valence-corrected chi connectivity index (χ3v) is 2.86. The number of nitrogens with two attached hydrogens (primary N) is 1. The predicted molar refractivity (Wildman–Crippen MR) is 71.6 cm³/mol. The first kappa shape index (κ1) is 9.85. The molecule has 0 saturated heterocycles. The molecule has 1 heterocycles. The Morgan fingerprint density at radius 2 is 1.71 bits per heavy atom. The minimum absolute atomic E-state index is 0.786. The van der Waals surface area contributed by atoms with Crippen molar-refractivity contribution < 1.29 is 0 Å². The molecule has 0 saturated carbocycles. The lowest BCUT2D eigenvalue weighted by molar-refractivity contribution is 1.36. The summed E-state index contributed by atoms with van der Waals surface area (Å²) in [6, 6.07) is 16.3. The highest BCUT2D eigenvalue weighted by atomic mass is 14.6. The van der Waals surface area contributed by atoms with Gasteiger partial charge < -0.3 is 5.73 Å². The Morgan fingerprint density at radius 3 is 2.59 bits per heavy atom. The lowest BCUT2D eigenvalue weighted by Crippen LogP contribution is -1.85. The summed E-state index contributed by atoms with van der Waals surface area (Å²) in [4.78, 5) is 4.14. The molecule has 2 N–H and O–H groups in total. The third kappa shape index (κ3) is 1.85. The fourth-order valence-electron chi connectivity index (χ4n) is 1.98. The largest absolute Gasteiger partial charge is 0.399 e. The molecule has 0 fully saturated rings. The van der Waals surface area contributed by atoms with Gasteiger partial charge >= 0.3 is 0 Å². The minimum Gasteiger partial charge on any atom is -0.399 e. The number of fused-ring (bicyclic) bond motifs is 1. The van der Waals surface area contributed by atoms with Gasteiger partial charge in [-0.25, -0.2) is 0 Å². The van der Waals surface area contributed by atoms with Crippen molar-refractivity contribution >= 4 is 16.5 Å². The van der Waals surface area contributed by atoms with Gasteiger partial charge in [-0.2, -0.15) is 0 Å². The summed E-state index contributed by atoms with van der Waals surface area (Å²) >= 11 is 0. The van der Waals surface area contributed by atoms with Gasteiger partial charge in [-0.3, -0.25) is 4.98 Å². The van der Waals surface area contributed by atoms with Gasteiger partial charge in [0.2, 0.25) is 0 Å². The number of benzene rings is 2. The van der Waals surface area contributed by atoms with E-state index in [9.17, 15) is 0 Å². The number of nitrogens with zero attached hydrogens (tertiary/aromatic N) is 1. The molecule has 0 amide bonds. The van der Waals surface area contributed by atoms with Crippen LogP contribution in [0.2, 0.25) is 0 Å². The van der Waals surface area contributed by atoms with Crippen LogP contribution < -0.4 is 5.73 Å². The number of hydrogen-bond donors (Lipinski definition) is 1. The summed E-state index contributed by atoms with van der Waals surface area (Å²) in [5.41, 5.74) is 8.88. The molecular formula is C15H12N2. The Balaban J connectivity index is 2.18. The van der Waals surface area contributed by atoms with Crippen LogP contribution in [-0.2, 0) is 0 Å². The molecule has 0 spiro atoms. The maximum atomic E-state index is 5.80. The maximum Gasteiger partial charge on any atom is 0.0346 e. The normalized spacial score (nSPS) is 10.6. The van der Waals surface area contributed by atoms with Crippen molar-refractivity contribution in [3.8, 4) is 11.1 Å². The smallest absolute Gasteiger partial charge is 0.0346 e. The minimum atomic E-state index is 0.786. The molecule has 0 unspecified atom stereocenters. The van der Waals surface area contributed by atoms with Crippen LogP contribution in [0.15, 0.2) is 60.9 Å². The first-order valence-electron chi connectivity index (χ1n) is 5.53. The first-order chi connectivity index (χ1) is 8.33. The lowest BCUT2D eigenvalue weighted by atomic mass is 10.0. The predicted octanol–water partition coefficient (Wildman–Crippen LogP) is 3.48. The molecule has 2 aromatic carbocycles. The summed E-state index contributed by atoms with van der Waals surface area (Å²) in [6.07, 6.45) is 3.69. The van der Waals surface area contributed by atoms with Crippen LogP contribution in [0.25, 0.3) is 21.9 Å². The van der Waals surface area contributed by atoms with Crippen molar-refractivity contribution in [1.29, 1.82) is 0 Å². The van der Waals surface area contributed by atoms with E-state index in [0.29, 0.717) is 0 Å². The van der Waals surface area contributed by atoms with Crippen LogP contribution in [0.3, 0.4) is 0 Å². The summed E-state index contributed by atoms with van der Waals surface area (Å²) in [5, 5.41) is 2.35. The Kier molecular flexibility index (Phi) is 2.26. The van der Waals surface area contributed by atoms with Crippen LogP contribution in [0.4, 0.5) is 5.69 Å². The highest BCUT2D eigenvalue weighted by Crippen LogP contribution is 2.25. The fourth-order valence-corrected chi connectivity index (χ4v) is 1.98. The Hall–Kier alpha value is -2.35. The van der Waals surface area contributed by atoms with Crippen LogP contribution in [0.5, 0.6) is 0 Å². The molecule has 82 valence electrons. The number of aromatic nitrogens is 1. The summed E-state index contributed by atoms with van der Waals surface area (Å²) < 4.78 is 0. The van der Waals surface area contributed by atoms with Gasteiger partial charge in [-0.15, -0.1) is 0 Å². The van der Waals surface area contributed by atoms with Gasteiger partial charge in [-0.1, -0.05) is 24.3 Å². The molecule has 0 atom stereocenters. The number of hydrogen-bond acceptors (Lipinski definition) is 2. The molecule has 0 bridgehead atoms. The molecule has 2 heteroatoms. The molecule has 3 aromatic rings. The quantitative estimate of drug-likeness (QED) is 0.637. The Labute approximate surface area is 99.7 Å². The molecule has 2 nitrogen and oxygen atoms in total. The van der Waals surface area contributed by atoms with E-state index in [2.05, 4.69) is 29.2 Å². The molecule has 17 heavy (non-hydrogen) atoms. The van der Waals surface area contributed by atoms with Crippen molar-refractivity contribution in [2.24, 2.45) is 0 Å². The van der Waals surface area contributed by atoms with Gasteiger partial charge in [-0.05, 0) is 40.8 Å². The van der Waals surface area contributed by atoms with Crippen molar-refractivity contribution in [2.45, 2.75) is 0 Å². The van der Waals surface area contributed by atoms with E-state index >= 15 is 0 Å². The SMILES string of the molecule is Nc1cccc(-c2ccc3ccncc3c2)c1. The Morgan fingerprint density at radius 1 is 0.824 bits per heavy atom. The van der Waals surface area contributed by atoms with E-state index in [0.717, 1.165) is 22.2 Å². The van der Waals surface area contributed by atoms with Crippen molar-refractivity contribution in [3.63, 3.8) is 0 Å². The van der Waals surface area contributed by atoms with Gasteiger partial charge in [0.15, 0.2) is 0 Å². The second kappa shape index (κ2) is 3.91. The fraction of sp³-hybridized carbons (Fsp3) is 0. The van der Waals surface area contributed by atoms with E-state index < -0.39 is 0 Å². The van der Waals surface area contributed by atoms with Crippen molar-refractivity contribution in [2.75, 3.05) is 5.73 Å². The van der Waals surface area contributed by atoms with Crippen molar-refractivity contribution in [3.05, 3.63) is 60.9 Å². The molecule has 0 aliphatic rings. The standard InChI is InChI=1S/C15H12N2/c16-15-3-1-2-12(9-15)13-5-4-11-6-7-17-10-14(11)8-13/h1-10H,16H2. The van der Waals surface area contributed by atoms with Gasteiger partial charge in [0, 0.05) is 23.5 Å². The summed E-state index contributed by atoms with van der Waals surface area (Å²) in [7, 11) is 0. The topological polar surface area (TPSA) is 38.9 Å². The van der Waals surface area contributed by atoms with Gasteiger partial charge in [0.25, 0.3) is 0 Å². The highest BCUT2D eigenvalue weighted by molar-refractivity contribution is 5.86. The third-order valence-electron chi connectivity index (χ3n) is 2.86.